The summed E-state index contributed by atoms with van der Waals surface area (Å²) < 4.78 is 0. The van der Waals surface area contributed by atoms with Gasteiger partial charge in [-0.05, 0) is 78.0 Å². The zero-order valence-corrected chi connectivity index (χ0v) is 17.2. The van der Waals surface area contributed by atoms with E-state index in [4.69, 9.17) is 0 Å². The number of likely N-dealkylation sites (N-methyl/N-ethyl adjacent to an activating group) is 1. The Morgan fingerprint density at radius 1 is 1.07 bits per heavy atom. The molecule has 2 amide bonds. The number of rotatable bonds is 6. The van der Waals surface area contributed by atoms with E-state index >= 15 is 0 Å². The minimum Gasteiger partial charge on any atom is -0.335 e. The molecule has 8 heteroatoms. The van der Waals surface area contributed by atoms with Crippen LogP contribution in [0.2, 0.25) is 0 Å². The second-order valence-electron chi connectivity index (χ2n) is 8.85. The smallest absolute Gasteiger partial charge is 0.317 e. The van der Waals surface area contributed by atoms with E-state index in [1.165, 1.54) is 12.8 Å². The highest BCUT2D eigenvalue weighted by molar-refractivity contribution is 5.74. The monoisotopic (exact) mass is 381 g/mol. The van der Waals surface area contributed by atoms with Crippen molar-refractivity contribution in [2.45, 2.75) is 63.6 Å². The number of carbonyl (C=O) groups is 1. The maximum atomic E-state index is 12.5. The number of urea groups is 1. The first-order valence-corrected chi connectivity index (χ1v) is 10.7. The molecule has 156 valence electrons. The highest BCUT2D eigenvalue weighted by Gasteiger charge is 2.33. The normalized spacial score (nSPS) is 36.9. The number of nitrogens with zero attached hydrogens (tertiary/aromatic N) is 1. The average Bonchev–Trinajstić information content (AvgIpc) is 2.60. The first-order chi connectivity index (χ1) is 13.0. The largest absolute Gasteiger partial charge is 0.335 e. The average molecular weight is 382 g/mol. The van der Waals surface area contributed by atoms with Gasteiger partial charge in [-0.2, -0.15) is 0 Å². The molecule has 0 radical (unpaired) electrons. The first kappa shape index (κ1) is 20.8. The molecule has 3 aliphatic rings. The van der Waals surface area contributed by atoms with Gasteiger partial charge in [0.1, 0.15) is 6.29 Å². The summed E-state index contributed by atoms with van der Waals surface area (Å²) >= 11 is 0. The highest BCUT2D eigenvalue weighted by atomic mass is 16.2. The van der Waals surface area contributed by atoms with Crippen LogP contribution in [0.3, 0.4) is 0 Å². The van der Waals surface area contributed by atoms with Crippen LogP contribution in [-0.4, -0.2) is 75.7 Å². The van der Waals surface area contributed by atoms with Crippen LogP contribution in [-0.2, 0) is 0 Å². The van der Waals surface area contributed by atoms with Crippen molar-refractivity contribution in [2.24, 2.45) is 11.8 Å². The maximum Gasteiger partial charge on any atom is 0.317 e. The zero-order valence-electron chi connectivity index (χ0n) is 17.2. The Kier molecular flexibility index (Phi) is 7.72. The van der Waals surface area contributed by atoms with E-state index in [0.29, 0.717) is 18.0 Å². The van der Waals surface area contributed by atoms with Crippen LogP contribution in [0.4, 0.5) is 4.79 Å². The molecule has 2 heterocycles. The summed E-state index contributed by atoms with van der Waals surface area (Å²) in [5.74, 6) is 1.57. The van der Waals surface area contributed by atoms with Crippen molar-refractivity contribution in [1.82, 2.24) is 36.8 Å². The fraction of sp³-hybridized carbons (Fsp3) is 0.947. The van der Waals surface area contributed by atoms with Crippen molar-refractivity contribution < 1.29 is 4.79 Å². The van der Waals surface area contributed by atoms with E-state index in [1.54, 1.807) is 0 Å². The Hall–Kier alpha value is -0.930. The number of fused-ring (bicyclic) bond motifs is 1. The van der Waals surface area contributed by atoms with Crippen LogP contribution in [0.25, 0.3) is 0 Å². The van der Waals surface area contributed by atoms with Gasteiger partial charge >= 0.3 is 6.03 Å². The molecule has 0 bridgehead atoms. The minimum atomic E-state index is -0.210. The lowest BCUT2D eigenvalue weighted by atomic mass is 9.74. The molecule has 2 aliphatic heterocycles. The second kappa shape index (κ2) is 10.0. The van der Waals surface area contributed by atoms with Gasteiger partial charge < -0.3 is 26.2 Å². The van der Waals surface area contributed by atoms with Crippen LogP contribution in [0, 0.1) is 11.8 Å². The standard InChI is InChI=1S/C19H39N7O/c1-13-10-17(21-8-9-26(2)3)24-18(22-13)25-19(27)23-16-5-4-14-6-7-20-12-15(14)11-16/h13-18,20-22,24H,4-12H2,1-3H3,(H2,23,25,27). The molecule has 2 saturated heterocycles. The van der Waals surface area contributed by atoms with Crippen molar-refractivity contribution in [3.63, 3.8) is 0 Å². The number of nitrogens with one attached hydrogen (secondary N) is 6. The van der Waals surface area contributed by atoms with Crippen LogP contribution >= 0.6 is 0 Å². The molecule has 6 N–H and O–H groups in total. The lowest BCUT2D eigenvalue weighted by molar-refractivity contribution is 0.151. The van der Waals surface area contributed by atoms with E-state index in [2.05, 4.69) is 57.8 Å². The summed E-state index contributed by atoms with van der Waals surface area (Å²) in [4.78, 5) is 14.7. The van der Waals surface area contributed by atoms with Gasteiger partial charge in [-0.3, -0.25) is 10.6 Å². The lowest BCUT2D eigenvalue weighted by Gasteiger charge is -2.40. The summed E-state index contributed by atoms with van der Waals surface area (Å²) in [6.45, 7) is 6.34. The fourth-order valence-corrected chi connectivity index (χ4v) is 4.73. The van der Waals surface area contributed by atoms with Gasteiger partial charge in [0.05, 0.1) is 6.17 Å². The molecule has 27 heavy (non-hydrogen) atoms. The molecule has 0 aromatic heterocycles. The Balaban J connectivity index is 1.40. The van der Waals surface area contributed by atoms with Gasteiger partial charge in [-0.1, -0.05) is 0 Å². The zero-order chi connectivity index (χ0) is 19.2. The number of piperidine rings is 1. The molecule has 1 saturated carbocycles. The number of hydrogen-bond acceptors (Lipinski definition) is 6. The molecular weight excluding hydrogens is 342 g/mol. The molecule has 8 nitrogen and oxygen atoms in total. The van der Waals surface area contributed by atoms with Crippen molar-refractivity contribution in [3.05, 3.63) is 0 Å². The predicted octanol–water partition coefficient (Wildman–Crippen LogP) is -0.204. The summed E-state index contributed by atoms with van der Waals surface area (Å²) in [6, 6.07) is 0.562. The topological polar surface area (TPSA) is 92.5 Å². The number of amides is 2. The van der Waals surface area contributed by atoms with Crippen LogP contribution in [0.5, 0.6) is 0 Å². The van der Waals surface area contributed by atoms with Crippen molar-refractivity contribution in [3.8, 4) is 0 Å². The number of carbonyl (C=O) groups excluding carboxylic acids is 1. The summed E-state index contributed by atoms with van der Waals surface area (Å²) in [5, 5.41) is 20.2. The Labute approximate surface area is 164 Å². The van der Waals surface area contributed by atoms with E-state index < -0.39 is 0 Å². The van der Waals surface area contributed by atoms with Gasteiger partial charge in [0, 0.05) is 25.2 Å². The Morgan fingerprint density at radius 2 is 1.93 bits per heavy atom. The lowest BCUT2D eigenvalue weighted by Crippen LogP contribution is -2.68. The molecule has 0 spiro atoms. The molecule has 0 aromatic carbocycles. The molecule has 0 aromatic rings. The molecule has 3 rings (SSSR count). The van der Waals surface area contributed by atoms with Crippen molar-refractivity contribution in [1.29, 1.82) is 0 Å². The number of hydrogen-bond donors (Lipinski definition) is 6. The van der Waals surface area contributed by atoms with E-state index in [0.717, 1.165) is 51.4 Å². The summed E-state index contributed by atoms with van der Waals surface area (Å²) in [5.41, 5.74) is 0. The van der Waals surface area contributed by atoms with Crippen LogP contribution < -0.4 is 31.9 Å². The third-order valence-electron chi connectivity index (χ3n) is 6.21. The van der Waals surface area contributed by atoms with Crippen molar-refractivity contribution in [2.75, 3.05) is 40.3 Å². The first-order valence-electron chi connectivity index (χ1n) is 10.7. The Morgan fingerprint density at radius 3 is 2.74 bits per heavy atom. The van der Waals surface area contributed by atoms with Gasteiger partial charge in [0.2, 0.25) is 0 Å². The summed E-state index contributed by atoms with van der Waals surface area (Å²) in [7, 11) is 4.15. The van der Waals surface area contributed by atoms with Crippen molar-refractivity contribution >= 4 is 6.03 Å². The molecule has 1 aliphatic carbocycles. The SMILES string of the molecule is CC1CC(NCCN(C)C)NC(NC(=O)NC2CCC3CCNCC3C2)N1. The van der Waals surface area contributed by atoms with Gasteiger partial charge in [-0.25, -0.2) is 4.79 Å². The summed E-state index contributed by atoms with van der Waals surface area (Å²) in [6.07, 6.45) is 5.72. The fourth-order valence-electron chi connectivity index (χ4n) is 4.73. The van der Waals surface area contributed by atoms with Crippen LogP contribution in [0.1, 0.15) is 39.0 Å². The highest BCUT2D eigenvalue weighted by Crippen LogP contribution is 2.33. The van der Waals surface area contributed by atoms with Crippen LogP contribution in [0.15, 0.2) is 0 Å². The molecular formula is C19H39N7O. The third-order valence-corrected chi connectivity index (χ3v) is 6.21. The third kappa shape index (κ3) is 6.57. The van der Waals surface area contributed by atoms with E-state index in [1.807, 2.05) is 0 Å². The molecule has 3 fully saturated rings. The quantitative estimate of drug-likeness (QED) is 0.382. The van der Waals surface area contributed by atoms with Gasteiger partial charge in [0.25, 0.3) is 0 Å². The van der Waals surface area contributed by atoms with Gasteiger partial charge in [0.15, 0.2) is 0 Å². The minimum absolute atomic E-state index is 0.0756. The van der Waals surface area contributed by atoms with Gasteiger partial charge in [-0.15, -0.1) is 0 Å². The maximum absolute atomic E-state index is 12.5. The molecule has 6 unspecified atom stereocenters. The second-order valence-corrected chi connectivity index (χ2v) is 8.85. The van der Waals surface area contributed by atoms with E-state index in [9.17, 15) is 4.79 Å². The predicted molar refractivity (Wildman–Crippen MR) is 108 cm³/mol. The Bertz CT molecular complexity index is 475. The molecule has 6 atom stereocenters. The van der Waals surface area contributed by atoms with E-state index in [-0.39, 0.29) is 18.5 Å².